The summed E-state index contributed by atoms with van der Waals surface area (Å²) >= 11 is 0. The Morgan fingerprint density at radius 1 is 0.409 bits per heavy atom. The third-order valence-electron chi connectivity index (χ3n) is 16.1. The van der Waals surface area contributed by atoms with E-state index < -0.39 is 42.1 Å². The highest BCUT2D eigenvalue weighted by Gasteiger charge is 2.37. The summed E-state index contributed by atoms with van der Waals surface area (Å²) in [5.74, 6) is -1.44. The molecule has 12 rings (SSSR count). The Hall–Kier alpha value is -12.6. The van der Waals surface area contributed by atoms with Crippen molar-refractivity contribution in [3.05, 3.63) is 223 Å². The summed E-state index contributed by atoms with van der Waals surface area (Å²) < 4.78 is 140. The minimum Gasteiger partial charge on any atom is -0.493 e. The van der Waals surface area contributed by atoms with E-state index in [1.165, 1.54) is 94.9 Å². The normalized spacial score (nSPS) is 13.6. The van der Waals surface area contributed by atoms with Gasteiger partial charge in [-0.05, 0) is 124 Å². The molecule has 1 unspecified atom stereocenters. The third-order valence-corrected chi connectivity index (χ3v) is 20.1. The molecule has 1 atom stereocenters. The molecule has 5 aromatic heterocycles. The number of ether oxygens (including phenoxy) is 8. The molecule has 0 saturated carbocycles. The van der Waals surface area contributed by atoms with Crippen LogP contribution in [0.25, 0.3) is 23.3 Å². The molecule has 6 heterocycles. The standard InChI is InChI=1S/C52H52N10O10S2.C25H25N5O5S/c1-51(2,3)33-19-23-35(24-20-33)73(63,64)61-43-41(71-39-17-11-9-15-37(39)67-7)49(59-47(57-43)45-53-27-13-28-54-45)69-31-32-70-50-42(72-40-18-12-10-16-38(40)68-8)44(58-48(60-50)46-55-29-14-30-56-46)62-74(65,66)36-25-21-34(22-26-36)52(4,5)6;1-25(2,3)16-10-12-17(13-11-16)36(32,33)30-21-20(35-19-9-6-5-8-18(19)34-4)24(31)29-23(28-21)22-26-14-7-15-27-22/h9-30H,31-32H2,1-8H3,(H,57,59,61)(H,58,60,62);5-15,20H,1-4H3,(H,28,29,30,31). The highest BCUT2D eigenvalue weighted by molar-refractivity contribution is 7.93. The van der Waals surface area contributed by atoms with Gasteiger partial charge in [-0.1, -0.05) is 135 Å². The van der Waals surface area contributed by atoms with Gasteiger partial charge in [0, 0.05) is 37.2 Å². The number of amides is 1. The van der Waals surface area contributed by atoms with Crippen LogP contribution in [0.4, 0.5) is 11.6 Å². The second-order valence-corrected chi connectivity index (χ2v) is 32.0. The zero-order valence-corrected chi connectivity index (χ0v) is 64.2. The maximum absolute atomic E-state index is 14.2. The first-order chi connectivity index (χ1) is 52.4. The molecule has 0 spiro atoms. The summed E-state index contributed by atoms with van der Waals surface area (Å²) in [5.41, 5.74) is 2.17. The Morgan fingerprint density at radius 2 is 0.745 bits per heavy atom. The van der Waals surface area contributed by atoms with Crippen LogP contribution in [-0.2, 0) is 51.1 Å². The maximum Gasteiger partial charge on any atom is 0.284 e. The molecule has 11 aromatic rings. The summed E-state index contributed by atoms with van der Waals surface area (Å²) in [6.07, 6.45) is 7.35. The van der Waals surface area contributed by atoms with Crippen molar-refractivity contribution in [1.29, 1.82) is 0 Å². The van der Waals surface area contributed by atoms with E-state index in [0.29, 0.717) is 17.2 Å². The first-order valence-electron chi connectivity index (χ1n) is 33.9. The van der Waals surface area contributed by atoms with Gasteiger partial charge in [0.2, 0.25) is 29.3 Å². The topological polar surface area (TPSA) is 383 Å². The van der Waals surface area contributed by atoms with Crippen LogP contribution in [-0.4, -0.2) is 133 Å². The number of hydrogen-bond donors (Lipinski definition) is 3. The van der Waals surface area contributed by atoms with Crippen LogP contribution in [0.1, 0.15) is 84.8 Å². The number of nitrogens with zero attached hydrogens (tertiary/aromatic N) is 12. The molecule has 33 heteroatoms. The highest BCUT2D eigenvalue weighted by Crippen LogP contribution is 2.44. The number of carbonyl (C=O) groups is 1. The molecule has 6 aromatic carbocycles. The van der Waals surface area contributed by atoms with Crippen molar-refractivity contribution in [3.8, 4) is 81.1 Å². The smallest absolute Gasteiger partial charge is 0.284 e. The van der Waals surface area contributed by atoms with Gasteiger partial charge in [0.15, 0.2) is 75.3 Å². The van der Waals surface area contributed by atoms with E-state index in [1.807, 2.05) is 62.3 Å². The number of aromatic nitrogens is 10. The number of benzene rings is 6. The Morgan fingerprint density at radius 3 is 1.11 bits per heavy atom. The van der Waals surface area contributed by atoms with E-state index in [0.717, 1.165) is 16.7 Å². The van der Waals surface area contributed by atoms with E-state index >= 15 is 0 Å². The molecule has 110 heavy (non-hydrogen) atoms. The lowest BCUT2D eigenvalue weighted by atomic mass is 9.87. The average Bonchev–Trinajstić information content (AvgIpc) is 0.763. The quantitative estimate of drug-likeness (QED) is 0.0447. The highest BCUT2D eigenvalue weighted by atomic mass is 32.2. The van der Waals surface area contributed by atoms with E-state index in [-0.39, 0.29) is 137 Å². The van der Waals surface area contributed by atoms with Crippen molar-refractivity contribution in [2.45, 2.75) is 99.3 Å². The van der Waals surface area contributed by atoms with Gasteiger partial charge in [0.1, 0.15) is 13.2 Å². The Bertz CT molecular complexity index is 5300. The summed E-state index contributed by atoms with van der Waals surface area (Å²) in [6.45, 7) is 17.5. The maximum atomic E-state index is 14.2. The molecule has 1 amide bonds. The fourth-order valence-corrected chi connectivity index (χ4v) is 13.3. The van der Waals surface area contributed by atoms with Gasteiger partial charge in [-0.15, -0.1) is 4.40 Å². The number of aliphatic imine (C=N–C) groups is 1. The van der Waals surface area contributed by atoms with Crippen LogP contribution in [0.15, 0.2) is 225 Å². The van der Waals surface area contributed by atoms with Crippen LogP contribution in [0.2, 0.25) is 0 Å². The van der Waals surface area contributed by atoms with Crippen molar-refractivity contribution in [3.63, 3.8) is 0 Å². The van der Waals surface area contributed by atoms with E-state index in [9.17, 15) is 30.0 Å². The monoisotopic (exact) mass is 1550 g/mol. The van der Waals surface area contributed by atoms with Crippen LogP contribution >= 0.6 is 0 Å². The lowest BCUT2D eigenvalue weighted by molar-refractivity contribution is -0.124. The number of carbonyl (C=O) groups excluding carboxylic acids is 1. The number of anilines is 2. The van der Waals surface area contributed by atoms with E-state index in [2.05, 4.69) is 74.0 Å². The number of amidine groups is 2. The van der Waals surface area contributed by atoms with Gasteiger partial charge in [-0.25, -0.2) is 61.7 Å². The summed E-state index contributed by atoms with van der Waals surface area (Å²) in [4.78, 5) is 60.9. The van der Waals surface area contributed by atoms with Crippen LogP contribution in [0, 0.1) is 0 Å². The number of rotatable bonds is 25. The van der Waals surface area contributed by atoms with Crippen molar-refractivity contribution in [1.82, 2.24) is 55.2 Å². The molecule has 0 saturated heterocycles. The van der Waals surface area contributed by atoms with Crippen molar-refractivity contribution < 1.29 is 67.9 Å². The number of para-hydroxylation sites is 6. The van der Waals surface area contributed by atoms with Crippen LogP contribution in [0.5, 0.6) is 57.8 Å². The molecule has 30 nitrogen and oxygen atoms in total. The zero-order valence-electron chi connectivity index (χ0n) is 61.8. The predicted molar refractivity (Wildman–Crippen MR) is 409 cm³/mol. The molecule has 0 radical (unpaired) electrons. The molecular formula is C77H77N15O15S3. The predicted octanol–water partition coefficient (Wildman–Crippen LogP) is 12.3. The molecule has 0 aliphatic carbocycles. The Kier molecular flexibility index (Phi) is 23.7. The van der Waals surface area contributed by atoms with E-state index in [4.69, 9.17) is 37.9 Å². The van der Waals surface area contributed by atoms with Gasteiger partial charge in [0.25, 0.3) is 47.7 Å². The van der Waals surface area contributed by atoms with Gasteiger partial charge < -0.3 is 43.2 Å². The lowest BCUT2D eigenvalue weighted by Crippen LogP contribution is -2.51. The van der Waals surface area contributed by atoms with Crippen molar-refractivity contribution in [2.75, 3.05) is 44.0 Å². The summed E-state index contributed by atoms with van der Waals surface area (Å²) in [5, 5.41) is 2.56. The number of hydrogen-bond acceptors (Lipinski definition) is 25. The zero-order chi connectivity index (χ0) is 78.6. The molecule has 3 N–H and O–H groups in total. The molecule has 1 aliphatic rings. The fourth-order valence-electron chi connectivity index (χ4n) is 10.3. The largest absolute Gasteiger partial charge is 0.493 e. The first-order valence-corrected chi connectivity index (χ1v) is 38.3. The second kappa shape index (κ2) is 33.3. The summed E-state index contributed by atoms with van der Waals surface area (Å²) in [6, 6.07) is 44.1. The van der Waals surface area contributed by atoms with Crippen LogP contribution < -0.4 is 52.7 Å². The molecule has 1 aliphatic heterocycles. The minimum atomic E-state index is -4.36. The van der Waals surface area contributed by atoms with Crippen molar-refractivity contribution >= 4 is 59.3 Å². The summed E-state index contributed by atoms with van der Waals surface area (Å²) in [7, 11) is -8.61. The number of nitrogens with one attached hydrogen (secondary N) is 3. The van der Waals surface area contributed by atoms with E-state index in [1.54, 1.807) is 127 Å². The second-order valence-electron chi connectivity index (χ2n) is 27.0. The molecule has 0 bridgehead atoms. The molecule has 568 valence electrons. The number of methoxy groups -OCH3 is 3. The van der Waals surface area contributed by atoms with Crippen LogP contribution in [0.3, 0.4) is 0 Å². The van der Waals surface area contributed by atoms with Crippen molar-refractivity contribution in [2.24, 2.45) is 9.39 Å². The SMILES string of the molecule is COc1ccccc1OC1C(=O)NC(c2ncccn2)=NC1=NS(=O)(=O)c1ccc(C(C)(C)C)cc1.COc1ccccc1Oc1c(NS(=O)(=O)c2ccc(C(C)(C)C)cc2)nc(-c2ncccn2)nc1OCCOc1nc(-c2ncccn2)nc(NS(=O)(=O)c2ccc(C(C)(C)C)cc2)c1Oc1ccccc1OC. The van der Waals surface area contributed by atoms with Gasteiger partial charge >= 0.3 is 0 Å². The number of sulfonamides is 3. The fraction of sp³-hybridized carbons (Fsp3) is 0.234. The molecular weight excluding hydrogens is 1470 g/mol. The van der Waals surface area contributed by atoms with Gasteiger partial charge in [0.05, 0.1) is 36.0 Å². The Balaban J connectivity index is 0.000000278. The van der Waals surface area contributed by atoms with Gasteiger partial charge in [-0.3, -0.25) is 14.2 Å². The lowest BCUT2D eigenvalue weighted by Gasteiger charge is -2.23. The Labute approximate surface area is 636 Å². The minimum absolute atomic E-state index is 0.0299. The first kappa shape index (κ1) is 78.5. The average molecular weight is 1550 g/mol. The molecule has 0 fully saturated rings. The third kappa shape index (κ3) is 19.2. The van der Waals surface area contributed by atoms with Gasteiger partial charge in [-0.2, -0.15) is 18.4 Å².